The van der Waals surface area contributed by atoms with Crippen LogP contribution in [0, 0.1) is 5.92 Å². The van der Waals surface area contributed by atoms with E-state index in [1.165, 1.54) is 0 Å². The predicted molar refractivity (Wildman–Crippen MR) is 85.9 cm³/mol. The molecule has 0 aliphatic heterocycles. The van der Waals surface area contributed by atoms with E-state index in [1.54, 1.807) is 34.4 Å². The van der Waals surface area contributed by atoms with Gasteiger partial charge in [-0.3, -0.25) is 4.79 Å². The zero-order chi connectivity index (χ0) is 13.7. The highest BCUT2D eigenvalue weighted by Gasteiger charge is 2.30. The molecule has 0 radical (unpaired) electrons. The fourth-order valence-electron chi connectivity index (χ4n) is 2.05. The zero-order valence-corrected chi connectivity index (χ0v) is 13.1. The van der Waals surface area contributed by atoms with Crippen LogP contribution in [0.2, 0.25) is 0 Å². The highest BCUT2D eigenvalue weighted by Crippen LogP contribution is 2.38. The zero-order valence-electron chi connectivity index (χ0n) is 10.7. The van der Waals surface area contributed by atoms with Crippen LogP contribution in [0.3, 0.4) is 0 Å². The number of fused-ring (bicyclic) bond motifs is 3. The van der Waals surface area contributed by atoms with Crippen LogP contribution in [0.25, 0.3) is 20.4 Å². The fraction of sp³-hybridized carbons (Fsp3) is 0.308. The van der Waals surface area contributed by atoms with Crippen LogP contribution in [0.15, 0.2) is 16.5 Å². The van der Waals surface area contributed by atoms with Crippen LogP contribution >= 0.6 is 34.4 Å². The number of benzene rings is 1. The summed E-state index contributed by atoms with van der Waals surface area (Å²) in [4.78, 5) is 20.9. The maximum Gasteiger partial charge on any atom is 0.229 e. The summed E-state index contributed by atoms with van der Waals surface area (Å²) in [6.07, 6.45) is 4.04. The SMILES string of the molecule is CSc1nc2ccc3nc(NC(=O)C4CC4)sc3c2s1. The lowest BCUT2D eigenvalue weighted by Gasteiger charge is -1.96. The third kappa shape index (κ3) is 2.10. The molecule has 1 saturated carbocycles. The Hall–Kier alpha value is -1.18. The fourth-order valence-corrected chi connectivity index (χ4v) is 4.71. The molecule has 4 nitrogen and oxygen atoms in total. The van der Waals surface area contributed by atoms with Gasteiger partial charge in [-0.25, -0.2) is 9.97 Å². The van der Waals surface area contributed by atoms with Crippen molar-refractivity contribution in [2.45, 2.75) is 17.2 Å². The Morgan fingerprint density at radius 1 is 1.25 bits per heavy atom. The van der Waals surface area contributed by atoms with E-state index in [0.29, 0.717) is 5.13 Å². The number of amides is 1. The molecule has 102 valence electrons. The molecule has 0 atom stereocenters. The number of anilines is 1. The van der Waals surface area contributed by atoms with Crippen LogP contribution in [-0.2, 0) is 4.79 Å². The van der Waals surface area contributed by atoms with E-state index in [1.807, 2.05) is 18.4 Å². The van der Waals surface area contributed by atoms with Crippen LogP contribution in [0.1, 0.15) is 12.8 Å². The number of aromatic nitrogens is 2. The minimum Gasteiger partial charge on any atom is -0.302 e. The van der Waals surface area contributed by atoms with Crippen molar-refractivity contribution in [3.8, 4) is 0 Å². The number of carbonyl (C=O) groups is 1. The molecule has 1 N–H and O–H groups in total. The van der Waals surface area contributed by atoms with Gasteiger partial charge in [0.2, 0.25) is 5.91 Å². The van der Waals surface area contributed by atoms with Gasteiger partial charge in [0, 0.05) is 5.92 Å². The molecule has 0 bridgehead atoms. The molecule has 1 fully saturated rings. The standard InChI is InChI=1S/C13H11N3OS3/c1-18-13-15-8-5-4-7-9(10(8)20-13)19-12(14-7)16-11(17)6-2-3-6/h4-6H,2-3H2,1H3,(H,14,16,17). The summed E-state index contributed by atoms with van der Waals surface area (Å²) < 4.78 is 3.34. The van der Waals surface area contributed by atoms with Crippen molar-refractivity contribution in [2.24, 2.45) is 5.92 Å². The molecule has 4 rings (SSSR count). The number of hydrogen-bond donors (Lipinski definition) is 1. The topological polar surface area (TPSA) is 54.9 Å². The third-order valence-corrected chi connectivity index (χ3v) is 6.45. The molecule has 0 spiro atoms. The lowest BCUT2D eigenvalue weighted by Crippen LogP contribution is -2.12. The number of thiazole rings is 2. The average molecular weight is 321 g/mol. The van der Waals surface area contributed by atoms with Gasteiger partial charge in [-0.1, -0.05) is 23.1 Å². The molecule has 1 aromatic carbocycles. The molecule has 3 aromatic rings. The lowest BCUT2D eigenvalue weighted by molar-refractivity contribution is -0.117. The second-order valence-electron chi connectivity index (χ2n) is 4.73. The van der Waals surface area contributed by atoms with Crippen LogP contribution in [-0.4, -0.2) is 22.1 Å². The van der Waals surface area contributed by atoms with Gasteiger partial charge < -0.3 is 5.32 Å². The van der Waals surface area contributed by atoms with Crippen LogP contribution in [0.4, 0.5) is 5.13 Å². The largest absolute Gasteiger partial charge is 0.302 e. The molecule has 0 saturated heterocycles. The van der Waals surface area contributed by atoms with E-state index >= 15 is 0 Å². The Labute approximate surface area is 127 Å². The number of nitrogens with one attached hydrogen (secondary N) is 1. The van der Waals surface area contributed by atoms with E-state index in [2.05, 4.69) is 15.3 Å². The van der Waals surface area contributed by atoms with Gasteiger partial charge in [0.05, 0.1) is 20.4 Å². The number of thioether (sulfide) groups is 1. The molecule has 7 heteroatoms. The normalized spacial score (nSPS) is 15.1. The van der Waals surface area contributed by atoms with Crippen molar-refractivity contribution in [1.29, 1.82) is 0 Å². The van der Waals surface area contributed by atoms with Gasteiger partial charge in [0.25, 0.3) is 0 Å². The van der Waals surface area contributed by atoms with Gasteiger partial charge in [0.15, 0.2) is 9.47 Å². The minimum atomic E-state index is 0.106. The minimum absolute atomic E-state index is 0.106. The lowest BCUT2D eigenvalue weighted by atomic mass is 10.3. The molecule has 1 amide bonds. The summed E-state index contributed by atoms with van der Waals surface area (Å²) in [5, 5.41) is 3.62. The molecular weight excluding hydrogens is 310 g/mol. The first-order valence-corrected chi connectivity index (χ1v) is 9.15. The van der Waals surface area contributed by atoms with Gasteiger partial charge in [-0.2, -0.15) is 0 Å². The first kappa shape index (κ1) is 12.6. The molecule has 0 unspecified atom stereocenters. The van der Waals surface area contributed by atoms with Crippen molar-refractivity contribution >= 4 is 65.9 Å². The highest BCUT2D eigenvalue weighted by molar-refractivity contribution is 8.00. The van der Waals surface area contributed by atoms with Crippen molar-refractivity contribution < 1.29 is 4.79 Å². The number of nitrogens with zero attached hydrogens (tertiary/aromatic N) is 2. The third-order valence-electron chi connectivity index (χ3n) is 3.25. The molecular formula is C13H11N3OS3. The van der Waals surface area contributed by atoms with E-state index in [4.69, 9.17) is 0 Å². The van der Waals surface area contributed by atoms with E-state index in [9.17, 15) is 4.79 Å². The first-order chi connectivity index (χ1) is 9.74. The molecule has 20 heavy (non-hydrogen) atoms. The summed E-state index contributed by atoms with van der Waals surface area (Å²) in [5.74, 6) is 0.308. The molecule has 2 aromatic heterocycles. The predicted octanol–water partition coefficient (Wildman–Crippen LogP) is 3.98. The average Bonchev–Trinajstić information content (AvgIpc) is 3.08. The van der Waals surface area contributed by atoms with Gasteiger partial charge >= 0.3 is 0 Å². The summed E-state index contributed by atoms with van der Waals surface area (Å²) >= 11 is 4.88. The quantitative estimate of drug-likeness (QED) is 0.741. The van der Waals surface area contributed by atoms with Crippen molar-refractivity contribution in [2.75, 3.05) is 11.6 Å². The van der Waals surface area contributed by atoms with Crippen LogP contribution < -0.4 is 5.32 Å². The number of hydrogen-bond acceptors (Lipinski definition) is 6. The molecule has 1 aliphatic rings. The Morgan fingerprint density at radius 3 is 2.65 bits per heavy atom. The summed E-state index contributed by atoms with van der Waals surface area (Å²) in [6, 6.07) is 3.98. The Bertz CT molecular complexity index is 819. The summed E-state index contributed by atoms with van der Waals surface area (Å²) in [5.41, 5.74) is 1.94. The maximum absolute atomic E-state index is 11.8. The van der Waals surface area contributed by atoms with Gasteiger partial charge in [-0.15, -0.1) is 11.3 Å². The van der Waals surface area contributed by atoms with Gasteiger partial charge in [0.1, 0.15) is 0 Å². The maximum atomic E-state index is 11.8. The van der Waals surface area contributed by atoms with E-state index in [0.717, 1.165) is 37.6 Å². The van der Waals surface area contributed by atoms with Gasteiger partial charge in [-0.05, 0) is 31.2 Å². The van der Waals surface area contributed by atoms with Crippen molar-refractivity contribution in [1.82, 2.24) is 9.97 Å². The van der Waals surface area contributed by atoms with E-state index in [-0.39, 0.29) is 11.8 Å². The van der Waals surface area contributed by atoms with Crippen LogP contribution in [0.5, 0.6) is 0 Å². The summed E-state index contributed by atoms with van der Waals surface area (Å²) in [6.45, 7) is 0. The second kappa shape index (κ2) is 4.68. The van der Waals surface area contributed by atoms with Crippen molar-refractivity contribution in [3.05, 3.63) is 12.1 Å². The second-order valence-corrected chi connectivity index (χ2v) is 7.78. The highest BCUT2D eigenvalue weighted by atomic mass is 32.2. The first-order valence-electron chi connectivity index (χ1n) is 6.29. The monoisotopic (exact) mass is 321 g/mol. The number of carbonyl (C=O) groups excluding carboxylic acids is 1. The van der Waals surface area contributed by atoms with Crippen molar-refractivity contribution in [3.63, 3.8) is 0 Å². The Balaban J connectivity index is 1.78. The number of rotatable bonds is 3. The Morgan fingerprint density at radius 2 is 1.95 bits per heavy atom. The summed E-state index contributed by atoms with van der Waals surface area (Å²) in [7, 11) is 0. The molecule has 1 aliphatic carbocycles. The van der Waals surface area contributed by atoms with E-state index < -0.39 is 0 Å². The molecule has 2 heterocycles. The Kier molecular flexibility index (Phi) is 2.94. The smallest absolute Gasteiger partial charge is 0.229 e.